The Bertz CT molecular complexity index is 237. The minimum absolute atomic E-state index is 0.576. The Kier molecular flexibility index (Phi) is 2.27. The van der Waals surface area contributed by atoms with Crippen molar-refractivity contribution in [2.45, 2.75) is 13.3 Å². The number of pyridine rings is 1. The van der Waals surface area contributed by atoms with E-state index in [0.717, 1.165) is 16.8 Å². The van der Waals surface area contributed by atoms with Crippen LogP contribution in [0, 0.1) is 5.21 Å². The first-order valence-corrected chi connectivity index (χ1v) is 3.92. The standard InChI is InChI=1S/C7H8BrNO/c1-2-6-4-3-5-7(8)9(6)10/h3-5H,2H2,1H3. The van der Waals surface area contributed by atoms with Crippen LogP contribution in [0.4, 0.5) is 0 Å². The molecule has 0 saturated heterocycles. The highest BCUT2D eigenvalue weighted by Gasteiger charge is 2.03. The summed E-state index contributed by atoms with van der Waals surface area (Å²) in [6.45, 7) is 1.95. The Balaban J connectivity index is 3.14. The van der Waals surface area contributed by atoms with Gasteiger partial charge in [-0.2, -0.15) is 4.73 Å². The highest BCUT2D eigenvalue weighted by Crippen LogP contribution is 2.03. The Morgan fingerprint density at radius 2 is 2.30 bits per heavy atom. The van der Waals surface area contributed by atoms with Crippen molar-refractivity contribution in [2.75, 3.05) is 0 Å². The zero-order chi connectivity index (χ0) is 7.56. The molecule has 0 saturated carbocycles. The highest BCUT2D eigenvalue weighted by molar-refractivity contribution is 9.10. The van der Waals surface area contributed by atoms with Crippen molar-refractivity contribution in [1.29, 1.82) is 0 Å². The van der Waals surface area contributed by atoms with Gasteiger partial charge in [-0.15, -0.1) is 0 Å². The summed E-state index contributed by atoms with van der Waals surface area (Å²) < 4.78 is 1.46. The van der Waals surface area contributed by atoms with E-state index in [4.69, 9.17) is 0 Å². The summed E-state index contributed by atoms with van der Waals surface area (Å²) in [4.78, 5) is 0. The van der Waals surface area contributed by atoms with Gasteiger partial charge in [0, 0.05) is 34.5 Å². The molecule has 1 aromatic rings. The van der Waals surface area contributed by atoms with Crippen molar-refractivity contribution in [3.8, 4) is 0 Å². The normalized spacial score (nSPS) is 9.80. The molecule has 10 heavy (non-hydrogen) atoms. The summed E-state index contributed by atoms with van der Waals surface area (Å²) in [5, 5.41) is 11.1. The van der Waals surface area contributed by atoms with Crippen LogP contribution in [0.25, 0.3) is 0 Å². The van der Waals surface area contributed by atoms with Gasteiger partial charge >= 0.3 is 0 Å². The van der Waals surface area contributed by atoms with E-state index in [1.165, 1.54) is 0 Å². The number of aromatic nitrogens is 1. The Labute approximate surface area is 68.2 Å². The van der Waals surface area contributed by atoms with Crippen LogP contribution in [-0.2, 0) is 6.42 Å². The molecule has 0 amide bonds. The van der Waals surface area contributed by atoms with Crippen LogP contribution < -0.4 is 4.73 Å². The van der Waals surface area contributed by atoms with E-state index < -0.39 is 0 Å². The molecule has 3 heteroatoms. The topological polar surface area (TPSA) is 26.9 Å². The van der Waals surface area contributed by atoms with Crippen LogP contribution in [0.15, 0.2) is 22.8 Å². The maximum Gasteiger partial charge on any atom is 0.259 e. The molecule has 0 bridgehead atoms. The van der Waals surface area contributed by atoms with E-state index in [1.807, 2.05) is 19.1 Å². The molecule has 0 aromatic carbocycles. The molecule has 1 heterocycles. The first-order valence-electron chi connectivity index (χ1n) is 3.12. The summed E-state index contributed by atoms with van der Waals surface area (Å²) >= 11 is 3.14. The summed E-state index contributed by atoms with van der Waals surface area (Å²) in [5.74, 6) is 0. The maximum atomic E-state index is 11.1. The quantitative estimate of drug-likeness (QED) is 0.386. The van der Waals surface area contributed by atoms with E-state index in [0.29, 0.717) is 4.60 Å². The van der Waals surface area contributed by atoms with Crippen molar-refractivity contribution >= 4 is 15.9 Å². The minimum atomic E-state index is 0.576. The third kappa shape index (κ3) is 1.29. The van der Waals surface area contributed by atoms with Gasteiger partial charge in [0.05, 0.1) is 0 Å². The SMILES string of the molecule is CCc1cccc(Br)[n+]1[O-]. The van der Waals surface area contributed by atoms with Gasteiger partial charge in [0.25, 0.3) is 4.60 Å². The zero-order valence-corrected chi connectivity index (χ0v) is 7.26. The van der Waals surface area contributed by atoms with E-state index in [1.54, 1.807) is 6.07 Å². The lowest BCUT2D eigenvalue weighted by molar-refractivity contribution is -0.625. The van der Waals surface area contributed by atoms with E-state index in [9.17, 15) is 5.21 Å². The van der Waals surface area contributed by atoms with Gasteiger partial charge in [-0.1, -0.05) is 6.92 Å². The van der Waals surface area contributed by atoms with Crippen LogP contribution in [0.3, 0.4) is 0 Å². The Morgan fingerprint density at radius 1 is 1.60 bits per heavy atom. The average Bonchev–Trinajstić information content (AvgIpc) is 1.95. The summed E-state index contributed by atoms with van der Waals surface area (Å²) in [6.07, 6.45) is 0.767. The second kappa shape index (κ2) is 3.01. The van der Waals surface area contributed by atoms with E-state index in [2.05, 4.69) is 15.9 Å². The Hall–Kier alpha value is -0.570. The lowest BCUT2D eigenvalue weighted by Gasteiger charge is -2.02. The predicted octanol–water partition coefficient (Wildman–Crippen LogP) is 1.64. The largest absolute Gasteiger partial charge is 0.618 e. The molecule has 1 rings (SSSR count). The number of hydrogen-bond donors (Lipinski definition) is 0. The first kappa shape index (κ1) is 7.54. The van der Waals surface area contributed by atoms with Gasteiger partial charge in [-0.25, -0.2) is 0 Å². The lowest BCUT2D eigenvalue weighted by atomic mass is 10.3. The molecule has 0 aliphatic heterocycles. The molecule has 0 fully saturated rings. The third-order valence-electron chi connectivity index (χ3n) is 1.34. The van der Waals surface area contributed by atoms with Crippen LogP contribution in [0.5, 0.6) is 0 Å². The maximum absolute atomic E-state index is 11.1. The highest BCUT2D eigenvalue weighted by atomic mass is 79.9. The molecule has 54 valence electrons. The molecule has 2 nitrogen and oxygen atoms in total. The van der Waals surface area contributed by atoms with Gasteiger partial charge in [-0.05, 0) is 6.07 Å². The van der Waals surface area contributed by atoms with Crippen molar-refractivity contribution in [2.24, 2.45) is 0 Å². The summed E-state index contributed by atoms with van der Waals surface area (Å²) in [7, 11) is 0. The van der Waals surface area contributed by atoms with Crippen molar-refractivity contribution in [3.05, 3.63) is 33.7 Å². The fourth-order valence-electron chi connectivity index (χ4n) is 0.773. The second-order valence-corrected chi connectivity index (χ2v) is 2.80. The Morgan fingerprint density at radius 3 is 2.80 bits per heavy atom. The third-order valence-corrected chi connectivity index (χ3v) is 1.93. The van der Waals surface area contributed by atoms with Gasteiger partial charge < -0.3 is 5.21 Å². The molecule has 0 atom stereocenters. The second-order valence-electron chi connectivity index (χ2n) is 1.99. The summed E-state index contributed by atoms with van der Waals surface area (Å²) in [5.41, 5.74) is 0.786. The number of aryl methyl sites for hydroxylation is 1. The fourth-order valence-corrected chi connectivity index (χ4v) is 1.15. The molecule has 0 aliphatic rings. The van der Waals surface area contributed by atoms with E-state index in [-0.39, 0.29) is 0 Å². The minimum Gasteiger partial charge on any atom is -0.618 e. The lowest BCUT2D eigenvalue weighted by Crippen LogP contribution is -2.32. The van der Waals surface area contributed by atoms with Crippen LogP contribution in [0.1, 0.15) is 12.6 Å². The number of hydrogen-bond acceptors (Lipinski definition) is 1. The smallest absolute Gasteiger partial charge is 0.259 e. The molecule has 0 unspecified atom stereocenters. The average molecular weight is 202 g/mol. The number of nitrogens with zero attached hydrogens (tertiary/aromatic N) is 1. The van der Waals surface area contributed by atoms with Crippen molar-refractivity contribution in [1.82, 2.24) is 0 Å². The first-order chi connectivity index (χ1) is 4.75. The molecular formula is C7H8BrNO. The van der Waals surface area contributed by atoms with E-state index >= 15 is 0 Å². The van der Waals surface area contributed by atoms with Crippen LogP contribution in [0.2, 0.25) is 0 Å². The molecule has 0 aliphatic carbocycles. The fraction of sp³-hybridized carbons (Fsp3) is 0.286. The van der Waals surface area contributed by atoms with Crippen molar-refractivity contribution in [3.63, 3.8) is 0 Å². The van der Waals surface area contributed by atoms with Gasteiger partial charge in [0.15, 0.2) is 5.69 Å². The van der Waals surface area contributed by atoms with Gasteiger partial charge in [0.1, 0.15) is 0 Å². The number of halogens is 1. The molecule has 0 radical (unpaired) electrons. The number of rotatable bonds is 1. The van der Waals surface area contributed by atoms with Gasteiger partial charge in [-0.3, -0.25) is 0 Å². The molecule has 1 aromatic heterocycles. The molecule has 0 N–H and O–H groups in total. The zero-order valence-electron chi connectivity index (χ0n) is 5.67. The van der Waals surface area contributed by atoms with Gasteiger partial charge in [0.2, 0.25) is 0 Å². The monoisotopic (exact) mass is 201 g/mol. The predicted molar refractivity (Wildman–Crippen MR) is 42.5 cm³/mol. The van der Waals surface area contributed by atoms with Crippen LogP contribution >= 0.6 is 15.9 Å². The van der Waals surface area contributed by atoms with Crippen LogP contribution in [-0.4, -0.2) is 0 Å². The molecular weight excluding hydrogens is 194 g/mol. The summed E-state index contributed by atoms with van der Waals surface area (Å²) in [6, 6.07) is 5.40. The van der Waals surface area contributed by atoms with Crippen molar-refractivity contribution < 1.29 is 4.73 Å². The molecule has 0 spiro atoms.